The van der Waals surface area contributed by atoms with Crippen LogP contribution in [0.3, 0.4) is 0 Å². The smallest absolute Gasteiger partial charge is 0.0167 e. The van der Waals surface area contributed by atoms with Crippen molar-refractivity contribution in [2.24, 2.45) is 0 Å². The third-order valence-electron chi connectivity index (χ3n) is 8.31. The van der Waals surface area contributed by atoms with Gasteiger partial charge in [-0.1, -0.05) is 100.0 Å². The number of fused-ring (bicyclic) bond motifs is 7. The topological polar surface area (TPSA) is 12.9 Å². The van der Waals surface area contributed by atoms with Gasteiger partial charge in [0.2, 0.25) is 0 Å². The van der Waals surface area contributed by atoms with Crippen molar-refractivity contribution in [1.82, 2.24) is 4.98 Å². The second-order valence-corrected chi connectivity index (χ2v) is 12.1. The molecule has 0 fully saturated rings. The van der Waals surface area contributed by atoms with Crippen LogP contribution in [-0.2, 0) is 30.9 Å². The van der Waals surface area contributed by atoms with Gasteiger partial charge in [-0.05, 0) is 78.7 Å². The zero-order valence-corrected chi connectivity index (χ0v) is 24.8. The fraction of sp³-hybridized carbons (Fsp3) is 0.194. The summed E-state index contributed by atoms with van der Waals surface area (Å²) in [7, 11) is 0. The molecule has 5 aromatic carbocycles. The summed E-state index contributed by atoms with van der Waals surface area (Å²) in [6, 6.07) is 35.0. The summed E-state index contributed by atoms with van der Waals surface area (Å²) in [5.41, 5.74) is 8.70. The largest absolute Gasteiger partial charge is 0.304 e. The quantitative estimate of drug-likeness (QED) is 0.126. The second-order valence-electron chi connectivity index (χ2n) is 12.1. The predicted molar refractivity (Wildman–Crippen MR) is 157 cm³/mol. The van der Waals surface area contributed by atoms with Crippen LogP contribution in [0.15, 0.2) is 91.1 Å². The molecular weight excluding hydrogens is 639 g/mol. The minimum absolute atomic E-state index is 0. The van der Waals surface area contributed by atoms with Crippen molar-refractivity contribution >= 4 is 32.3 Å². The molecular formula is C36H30IrN-. The van der Waals surface area contributed by atoms with Gasteiger partial charge in [0, 0.05) is 31.7 Å². The fourth-order valence-electron chi connectivity index (χ4n) is 6.24. The standard InChI is InChI=1S/C36H30N.Ir/c1-35(2,3)27-14-15-28-25(18-27)12-10-22-11-13-26(20-30(22)28)34-33-29(16-17-37-34)31-19-23-8-6-7-9-24(23)21-32(31)36(33,4)5;/h6-12,14-21H,1-5H3;/q-1;. The van der Waals surface area contributed by atoms with Gasteiger partial charge in [0.15, 0.2) is 0 Å². The third kappa shape index (κ3) is 3.66. The molecule has 0 saturated carbocycles. The van der Waals surface area contributed by atoms with Gasteiger partial charge in [-0.2, -0.15) is 0 Å². The Morgan fingerprint density at radius 3 is 2.21 bits per heavy atom. The van der Waals surface area contributed by atoms with Crippen molar-refractivity contribution in [3.63, 3.8) is 0 Å². The molecule has 7 rings (SSSR count). The minimum Gasteiger partial charge on any atom is -0.304 e. The predicted octanol–water partition coefficient (Wildman–Crippen LogP) is 9.61. The van der Waals surface area contributed by atoms with Gasteiger partial charge in [0.05, 0.1) is 0 Å². The SMILES string of the molecule is CC(C)(C)c1ccc2c(ccc3c[c-]c(-c4nccc5c4C(C)(C)c4cc6ccccc6cc4-5)cc32)c1.[Ir]. The van der Waals surface area contributed by atoms with Crippen molar-refractivity contribution in [3.8, 4) is 22.4 Å². The van der Waals surface area contributed by atoms with E-state index in [1.807, 2.05) is 6.20 Å². The first kappa shape index (κ1) is 25.0. The van der Waals surface area contributed by atoms with E-state index in [-0.39, 0.29) is 30.9 Å². The molecule has 0 bridgehead atoms. The van der Waals surface area contributed by atoms with Crippen LogP contribution < -0.4 is 0 Å². The van der Waals surface area contributed by atoms with Crippen molar-refractivity contribution in [1.29, 1.82) is 0 Å². The van der Waals surface area contributed by atoms with Crippen LogP contribution in [0.1, 0.15) is 51.3 Å². The Hall–Kier alpha value is -3.32. The molecule has 1 heterocycles. The van der Waals surface area contributed by atoms with E-state index >= 15 is 0 Å². The van der Waals surface area contributed by atoms with Crippen molar-refractivity contribution in [2.45, 2.75) is 45.4 Å². The number of benzene rings is 5. The van der Waals surface area contributed by atoms with E-state index in [4.69, 9.17) is 4.98 Å². The van der Waals surface area contributed by atoms with E-state index in [1.165, 1.54) is 60.1 Å². The Labute approximate surface area is 238 Å². The second kappa shape index (κ2) is 8.60. The van der Waals surface area contributed by atoms with E-state index in [0.717, 1.165) is 11.3 Å². The van der Waals surface area contributed by atoms with Gasteiger partial charge < -0.3 is 4.98 Å². The number of pyridine rings is 1. The van der Waals surface area contributed by atoms with Gasteiger partial charge in [0.25, 0.3) is 0 Å². The summed E-state index contributed by atoms with van der Waals surface area (Å²) in [6.45, 7) is 11.5. The monoisotopic (exact) mass is 669 g/mol. The fourth-order valence-corrected chi connectivity index (χ4v) is 6.24. The van der Waals surface area contributed by atoms with Crippen LogP contribution in [-0.4, -0.2) is 4.98 Å². The summed E-state index contributed by atoms with van der Waals surface area (Å²) < 4.78 is 0. The van der Waals surface area contributed by atoms with Crippen molar-refractivity contribution < 1.29 is 20.1 Å². The van der Waals surface area contributed by atoms with E-state index in [1.54, 1.807) is 0 Å². The molecule has 0 amide bonds. The van der Waals surface area contributed by atoms with Crippen LogP contribution >= 0.6 is 0 Å². The summed E-state index contributed by atoms with van der Waals surface area (Å²) in [5, 5.41) is 7.59. The molecule has 0 atom stereocenters. The Balaban J connectivity index is 0.00000264. The zero-order chi connectivity index (χ0) is 25.5. The van der Waals surface area contributed by atoms with Gasteiger partial charge in [-0.25, -0.2) is 0 Å². The Morgan fingerprint density at radius 1 is 0.711 bits per heavy atom. The first-order chi connectivity index (χ1) is 17.7. The number of nitrogens with zero attached hydrogens (tertiary/aromatic N) is 1. The number of hydrogen-bond donors (Lipinski definition) is 0. The minimum atomic E-state index is -0.151. The molecule has 1 aliphatic carbocycles. The van der Waals surface area contributed by atoms with Crippen LogP contribution in [0.25, 0.3) is 54.7 Å². The average molecular weight is 669 g/mol. The maximum Gasteiger partial charge on any atom is 0.0167 e. The summed E-state index contributed by atoms with van der Waals surface area (Å²) in [6.07, 6.45) is 1.96. The van der Waals surface area contributed by atoms with Crippen LogP contribution in [0.5, 0.6) is 0 Å². The normalized spacial score (nSPS) is 13.9. The molecule has 0 unspecified atom stereocenters. The summed E-state index contributed by atoms with van der Waals surface area (Å²) in [5.74, 6) is 0. The molecule has 1 aromatic heterocycles. The maximum absolute atomic E-state index is 4.97. The van der Waals surface area contributed by atoms with Gasteiger partial charge in [-0.3, -0.25) is 0 Å². The van der Waals surface area contributed by atoms with Gasteiger partial charge >= 0.3 is 0 Å². The van der Waals surface area contributed by atoms with Crippen molar-refractivity contribution in [2.75, 3.05) is 0 Å². The average Bonchev–Trinajstić information content (AvgIpc) is 3.12. The summed E-state index contributed by atoms with van der Waals surface area (Å²) >= 11 is 0. The first-order valence-corrected chi connectivity index (χ1v) is 13.1. The molecule has 0 saturated heterocycles. The Morgan fingerprint density at radius 2 is 1.45 bits per heavy atom. The molecule has 1 nitrogen and oxygen atoms in total. The van der Waals surface area contributed by atoms with Crippen molar-refractivity contribution in [3.05, 3.63) is 114 Å². The third-order valence-corrected chi connectivity index (χ3v) is 8.31. The molecule has 6 aromatic rings. The molecule has 2 heteroatoms. The van der Waals surface area contributed by atoms with Gasteiger partial charge in [-0.15, -0.1) is 23.8 Å². The number of hydrogen-bond acceptors (Lipinski definition) is 1. The molecule has 38 heavy (non-hydrogen) atoms. The molecule has 1 aliphatic rings. The van der Waals surface area contributed by atoms with E-state index < -0.39 is 0 Å². The van der Waals surface area contributed by atoms with Gasteiger partial charge in [0.1, 0.15) is 0 Å². The van der Waals surface area contributed by atoms with Crippen LogP contribution in [0, 0.1) is 6.07 Å². The van der Waals surface area contributed by atoms with Crippen LogP contribution in [0.4, 0.5) is 0 Å². The maximum atomic E-state index is 4.97. The molecule has 0 N–H and O–H groups in total. The first-order valence-electron chi connectivity index (χ1n) is 13.1. The zero-order valence-electron chi connectivity index (χ0n) is 22.4. The summed E-state index contributed by atoms with van der Waals surface area (Å²) in [4.78, 5) is 4.97. The Kier molecular flexibility index (Phi) is 5.65. The number of aromatic nitrogens is 1. The molecule has 0 aliphatic heterocycles. The van der Waals surface area contributed by atoms with E-state index in [9.17, 15) is 0 Å². The van der Waals surface area contributed by atoms with E-state index in [2.05, 4.69) is 126 Å². The van der Waals surface area contributed by atoms with E-state index in [0.29, 0.717) is 0 Å². The number of rotatable bonds is 1. The molecule has 1 radical (unpaired) electrons. The van der Waals surface area contributed by atoms with Crippen LogP contribution in [0.2, 0.25) is 0 Å². The Bertz CT molecular complexity index is 1890. The molecule has 189 valence electrons. The molecule has 0 spiro atoms.